The van der Waals surface area contributed by atoms with Gasteiger partial charge in [0.25, 0.3) is 0 Å². The minimum absolute atomic E-state index is 0.134. The maximum Gasteiger partial charge on any atom is 0.215 e. The Balaban J connectivity index is 1.55. The van der Waals surface area contributed by atoms with E-state index in [0.29, 0.717) is 18.2 Å². The first-order valence-corrected chi connectivity index (χ1v) is 10.3. The Bertz CT molecular complexity index is 1070. The third kappa shape index (κ3) is 4.90. The quantitative estimate of drug-likeness (QED) is 0.557. The number of halogens is 1. The molecule has 0 atom stereocenters. The Morgan fingerprint density at radius 2 is 1.89 bits per heavy atom. The van der Waals surface area contributed by atoms with Crippen molar-refractivity contribution in [3.8, 4) is 5.82 Å². The molecule has 3 aromatic rings. The summed E-state index contributed by atoms with van der Waals surface area (Å²) in [5.74, 6) is 0.278. The lowest BCUT2D eigenvalue weighted by molar-refractivity contribution is 0.575. The Hall–Kier alpha value is -2.85. The molecule has 8 nitrogen and oxygen atoms in total. The van der Waals surface area contributed by atoms with Crippen molar-refractivity contribution >= 4 is 15.8 Å². The van der Waals surface area contributed by atoms with Crippen molar-refractivity contribution < 1.29 is 12.8 Å². The van der Waals surface area contributed by atoms with Crippen LogP contribution in [0.15, 0.2) is 43.0 Å². The zero-order chi connectivity index (χ0) is 20.1. The van der Waals surface area contributed by atoms with Crippen LogP contribution in [0.1, 0.15) is 17.0 Å². The van der Waals surface area contributed by atoms with Crippen LogP contribution in [0.4, 0.5) is 10.2 Å². The average Bonchev–Trinajstić information content (AvgIpc) is 3.00. The van der Waals surface area contributed by atoms with Crippen molar-refractivity contribution in [1.29, 1.82) is 0 Å². The van der Waals surface area contributed by atoms with Crippen LogP contribution in [-0.2, 0) is 15.8 Å². The van der Waals surface area contributed by atoms with Gasteiger partial charge in [0.15, 0.2) is 0 Å². The molecule has 0 amide bonds. The van der Waals surface area contributed by atoms with Gasteiger partial charge in [-0.3, -0.25) is 4.57 Å². The number of anilines is 1. The molecular weight excluding hydrogens is 383 g/mol. The molecule has 0 saturated carbocycles. The highest BCUT2D eigenvalue weighted by molar-refractivity contribution is 7.88. The first-order valence-electron chi connectivity index (χ1n) is 8.63. The Labute approximate surface area is 162 Å². The molecule has 2 aromatic heterocycles. The molecule has 0 radical (unpaired) electrons. The third-order valence-electron chi connectivity index (χ3n) is 4.21. The van der Waals surface area contributed by atoms with Gasteiger partial charge in [-0.25, -0.2) is 32.5 Å². The maximum absolute atomic E-state index is 13.6. The van der Waals surface area contributed by atoms with Gasteiger partial charge in [-0.2, -0.15) is 0 Å². The number of aryl methyl sites for hydroxylation is 1. The zero-order valence-corrected chi connectivity index (χ0v) is 16.4. The van der Waals surface area contributed by atoms with E-state index in [1.807, 2.05) is 18.4 Å². The fourth-order valence-electron chi connectivity index (χ4n) is 2.57. The van der Waals surface area contributed by atoms with Crippen LogP contribution in [0.5, 0.6) is 0 Å². The zero-order valence-electron chi connectivity index (χ0n) is 15.6. The first kappa shape index (κ1) is 19.9. The first-order chi connectivity index (χ1) is 13.4. The summed E-state index contributed by atoms with van der Waals surface area (Å²) in [4.78, 5) is 12.6. The Morgan fingerprint density at radius 3 is 2.61 bits per heavy atom. The summed E-state index contributed by atoms with van der Waals surface area (Å²) in [6.07, 6.45) is 3.11. The van der Waals surface area contributed by atoms with Crippen molar-refractivity contribution in [1.82, 2.24) is 24.2 Å². The molecule has 0 aliphatic carbocycles. The molecular formula is C18H21FN6O2S. The lowest BCUT2D eigenvalue weighted by atomic mass is 10.2. The molecule has 10 heteroatoms. The summed E-state index contributed by atoms with van der Waals surface area (Å²) >= 11 is 0. The largest absolute Gasteiger partial charge is 0.369 e. The Morgan fingerprint density at radius 1 is 1.11 bits per heavy atom. The fraction of sp³-hybridized carbons (Fsp3) is 0.278. The number of hydrogen-bond acceptors (Lipinski definition) is 6. The monoisotopic (exact) mass is 404 g/mol. The molecule has 0 bridgehead atoms. The predicted molar refractivity (Wildman–Crippen MR) is 104 cm³/mol. The second kappa shape index (κ2) is 8.44. The average molecular weight is 404 g/mol. The lowest BCUT2D eigenvalue weighted by Crippen LogP contribution is -2.30. The summed E-state index contributed by atoms with van der Waals surface area (Å²) in [6.45, 7) is 4.32. The van der Waals surface area contributed by atoms with E-state index < -0.39 is 21.6 Å². The highest BCUT2D eigenvalue weighted by Crippen LogP contribution is 2.13. The van der Waals surface area contributed by atoms with E-state index in [2.05, 4.69) is 25.0 Å². The van der Waals surface area contributed by atoms with Crippen LogP contribution in [-0.4, -0.2) is 41.0 Å². The van der Waals surface area contributed by atoms with E-state index in [-0.39, 0.29) is 12.1 Å². The molecule has 0 unspecified atom stereocenters. The van der Waals surface area contributed by atoms with Crippen molar-refractivity contribution in [3.63, 3.8) is 0 Å². The lowest BCUT2D eigenvalue weighted by Gasteiger charge is -2.10. The van der Waals surface area contributed by atoms with E-state index in [1.165, 1.54) is 24.5 Å². The van der Waals surface area contributed by atoms with Crippen LogP contribution in [0, 0.1) is 19.7 Å². The highest BCUT2D eigenvalue weighted by Gasteiger charge is 2.13. The van der Waals surface area contributed by atoms with Crippen molar-refractivity contribution in [2.45, 2.75) is 19.6 Å². The van der Waals surface area contributed by atoms with Gasteiger partial charge < -0.3 is 5.32 Å². The van der Waals surface area contributed by atoms with E-state index >= 15 is 0 Å². The van der Waals surface area contributed by atoms with Gasteiger partial charge in [-0.15, -0.1) is 0 Å². The maximum atomic E-state index is 13.6. The number of aromatic nitrogens is 4. The molecule has 0 aliphatic heterocycles. The number of rotatable bonds is 8. The summed E-state index contributed by atoms with van der Waals surface area (Å²) in [5, 5.41) is 3.04. The summed E-state index contributed by atoms with van der Waals surface area (Å²) < 4.78 is 42.1. The number of nitrogens with zero attached hydrogens (tertiary/aromatic N) is 4. The summed E-state index contributed by atoms with van der Waals surface area (Å²) in [6, 6.07) is 7.57. The van der Waals surface area contributed by atoms with Crippen LogP contribution < -0.4 is 10.0 Å². The molecule has 1 aromatic carbocycles. The molecule has 0 saturated heterocycles. The van der Waals surface area contributed by atoms with Gasteiger partial charge in [0.2, 0.25) is 10.0 Å². The third-order valence-corrected chi connectivity index (χ3v) is 5.54. The van der Waals surface area contributed by atoms with Crippen molar-refractivity contribution in [3.05, 3.63) is 65.8 Å². The molecule has 0 fully saturated rings. The van der Waals surface area contributed by atoms with Crippen molar-refractivity contribution in [2.24, 2.45) is 0 Å². The normalized spacial score (nSPS) is 11.5. The number of hydrogen-bond donors (Lipinski definition) is 2. The van der Waals surface area contributed by atoms with E-state index in [0.717, 1.165) is 11.4 Å². The van der Waals surface area contributed by atoms with E-state index in [1.54, 1.807) is 18.5 Å². The summed E-state index contributed by atoms with van der Waals surface area (Å²) in [7, 11) is -3.64. The van der Waals surface area contributed by atoms with Crippen LogP contribution >= 0.6 is 0 Å². The highest BCUT2D eigenvalue weighted by atomic mass is 32.2. The van der Waals surface area contributed by atoms with Gasteiger partial charge >= 0.3 is 0 Å². The number of imidazole rings is 1. The molecule has 148 valence electrons. The summed E-state index contributed by atoms with van der Waals surface area (Å²) in [5.41, 5.74) is 2.03. The number of benzene rings is 1. The molecule has 0 aliphatic rings. The predicted octanol–water partition coefficient (Wildman–Crippen LogP) is 1.95. The smallest absolute Gasteiger partial charge is 0.215 e. The Kier molecular flexibility index (Phi) is 6.00. The van der Waals surface area contributed by atoms with Gasteiger partial charge in [0, 0.05) is 30.4 Å². The number of nitrogens with one attached hydrogen (secondary N) is 2. The van der Waals surface area contributed by atoms with Gasteiger partial charge in [-0.1, -0.05) is 18.2 Å². The topological polar surface area (TPSA) is 102 Å². The standard InChI is InChI=1S/C18H21FN6O2S/c1-13-14(2)25(12-23-13)18-9-17(21-11-22-18)20-7-8-24-28(26,27)10-15-5-3-4-6-16(15)19/h3-6,9,11-12,24H,7-8,10H2,1-2H3,(H,20,21,22). The van der Waals surface area contributed by atoms with E-state index in [4.69, 9.17) is 0 Å². The molecule has 0 spiro atoms. The van der Waals surface area contributed by atoms with Crippen LogP contribution in [0.2, 0.25) is 0 Å². The van der Waals surface area contributed by atoms with Gasteiger partial charge in [-0.05, 0) is 19.9 Å². The SMILES string of the molecule is Cc1ncn(-c2cc(NCCNS(=O)(=O)Cc3ccccc3F)ncn2)c1C. The molecule has 2 heterocycles. The van der Waals surface area contributed by atoms with Crippen LogP contribution in [0.25, 0.3) is 5.82 Å². The van der Waals surface area contributed by atoms with Crippen molar-refractivity contribution in [2.75, 3.05) is 18.4 Å². The van der Waals surface area contributed by atoms with Gasteiger partial charge in [0.05, 0.1) is 11.4 Å². The second-order valence-corrected chi connectivity index (χ2v) is 8.03. The molecule has 28 heavy (non-hydrogen) atoms. The van der Waals surface area contributed by atoms with Gasteiger partial charge in [0.1, 0.15) is 30.1 Å². The molecule has 2 N–H and O–H groups in total. The van der Waals surface area contributed by atoms with E-state index in [9.17, 15) is 12.8 Å². The number of sulfonamides is 1. The second-order valence-electron chi connectivity index (χ2n) is 6.22. The fourth-order valence-corrected chi connectivity index (χ4v) is 3.73. The van der Waals surface area contributed by atoms with Crippen LogP contribution in [0.3, 0.4) is 0 Å². The molecule has 3 rings (SSSR count). The minimum Gasteiger partial charge on any atom is -0.369 e. The minimum atomic E-state index is -3.64.